The molecular weight excluding hydrogens is 647 g/mol. The van der Waals surface area contributed by atoms with Crippen LogP contribution in [-0.2, 0) is 20.7 Å². The first-order chi connectivity index (χ1) is 24.3. The van der Waals surface area contributed by atoms with E-state index in [-0.39, 0.29) is 37.2 Å². The van der Waals surface area contributed by atoms with Gasteiger partial charge in [0.05, 0.1) is 48.0 Å². The lowest BCUT2D eigenvalue weighted by Gasteiger charge is -2.27. The number of carbonyl (C=O) groups is 4. The van der Waals surface area contributed by atoms with Gasteiger partial charge in [0, 0.05) is 36.7 Å². The second-order valence-corrected chi connectivity index (χ2v) is 11.8. The maximum absolute atomic E-state index is 15.0. The van der Waals surface area contributed by atoms with Crippen molar-refractivity contribution in [3.63, 3.8) is 0 Å². The molecule has 14 heteroatoms. The van der Waals surface area contributed by atoms with Crippen LogP contribution in [0.25, 0.3) is 28.2 Å². The first kappa shape index (κ1) is 32.5. The standard InChI is InChI=1S/C36H31FN6O7/c1-48-24-7-12-31-40-29(20-42(31)19-24)21-4-10-28(38-18-21)26-8-5-22(39-33(26)37)3-2-14-49-15-16-50-23-6-9-25-27(17-23)36(47)43(35(25)46)30-11-13-32(44)41-34(30)45/h4-10,12,17-20,30H,2-3,11,13-16H2,1H3,(H,41,44,45). The normalized spacial score (nSPS) is 15.8. The number of imide groups is 2. The molecule has 4 aromatic heterocycles. The Hall–Kier alpha value is -6.02. The number of nitrogens with zero attached hydrogens (tertiary/aromatic N) is 5. The zero-order chi connectivity index (χ0) is 34.8. The molecule has 1 N–H and O–H groups in total. The van der Waals surface area contributed by atoms with Crippen LogP contribution in [0, 0.1) is 5.95 Å². The average Bonchev–Trinajstić information content (AvgIpc) is 3.65. The Kier molecular flexibility index (Phi) is 9.00. The molecule has 0 bridgehead atoms. The Morgan fingerprint density at radius 1 is 0.860 bits per heavy atom. The van der Waals surface area contributed by atoms with Crippen LogP contribution in [0.4, 0.5) is 4.39 Å². The first-order valence-electron chi connectivity index (χ1n) is 16.0. The number of pyridine rings is 3. The van der Waals surface area contributed by atoms with Crippen molar-refractivity contribution in [3.8, 4) is 34.0 Å². The smallest absolute Gasteiger partial charge is 0.262 e. The second kappa shape index (κ2) is 13.8. The maximum atomic E-state index is 15.0. The van der Waals surface area contributed by atoms with E-state index in [0.717, 1.165) is 27.6 Å². The molecule has 4 amide bonds. The van der Waals surface area contributed by atoms with Crippen molar-refractivity contribution in [3.05, 3.63) is 96.0 Å². The SMILES string of the molecule is COc1ccc2nc(-c3ccc(-c4ccc(CCCOCCOc5ccc6c(c5)C(=O)N(C5CCC(=O)NC5=O)C6=O)nc4F)nc3)cn2c1. The summed E-state index contributed by atoms with van der Waals surface area (Å²) in [6, 6.07) is 14.2. The number of amides is 4. The molecule has 1 fully saturated rings. The predicted molar refractivity (Wildman–Crippen MR) is 176 cm³/mol. The fraction of sp³-hybridized carbons (Fsp3) is 0.250. The highest BCUT2D eigenvalue weighted by molar-refractivity contribution is 6.23. The van der Waals surface area contributed by atoms with E-state index in [9.17, 15) is 23.6 Å². The molecule has 0 aliphatic carbocycles. The van der Waals surface area contributed by atoms with Crippen molar-refractivity contribution in [1.82, 2.24) is 29.6 Å². The van der Waals surface area contributed by atoms with E-state index in [1.807, 2.05) is 35.0 Å². The minimum Gasteiger partial charge on any atom is -0.495 e. The zero-order valence-electron chi connectivity index (χ0n) is 26.9. The minimum absolute atomic E-state index is 0.0503. The van der Waals surface area contributed by atoms with Gasteiger partial charge >= 0.3 is 0 Å². The summed E-state index contributed by atoms with van der Waals surface area (Å²) in [6.07, 6.45) is 6.63. The molecule has 13 nitrogen and oxygen atoms in total. The molecule has 5 aromatic rings. The number of carbonyl (C=O) groups excluding carboxylic acids is 4. The lowest BCUT2D eigenvalue weighted by atomic mass is 10.0. The summed E-state index contributed by atoms with van der Waals surface area (Å²) in [4.78, 5) is 63.7. The van der Waals surface area contributed by atoms with Gasteiger partial charge in [0.1, 0.15) is 29.8 Å². The van der Waals surface area contributed by atoms with Crippen LogP contribution in [0.15, 0.2) is 73.2 Å². The Bertz CT molecular complexity index is 2130. The van der Waals surface area contributed by atoms with Crippen molar-refractivity contribution in [2.45, 2.75) is 31.7 Å². The van der Waals surface area contributed by atoms with Crippen LogP contribution in [-0.4, -0.2) is 80.9 Å². The number of imidazole rings is 1. The molecule has 0 radical (unpaired) electrons. The number of aryl methyl sites for hydroxylation is 1. The molecule has 1 aromatic carbocycles. The molecular formula is C36H31FN6O7. The lowest BCUT2D eigenvalue weighted by Crippen LogP contribution is -2.54. The summed E-state index contributed by atoms with van der Waals surface area (Å²) < 4.78 is 33.5. The molecule has 6 heterocycles. The fourth-order valence-electron chi connectivity index (χ4n) is 5.95. The predicted octanol–water partition coefficient (Wildman–Crippen LogP) is 4.04. The van der Waals surface area contributed by atoms with Crippen LogP contribution in [0.3, 0.4) is 0 Å². The molecule has 1 unspecified atom stereocenters. The number of rotatable bonds is 12. The number of hydrogen-bond donors (Lipinski definition) is 1. The molecule has 2 aliphatic rings. The van der Waals surface area contributed by atoms with Gasteiger partial charge in [-0.25, -0.2) is 9.97 Å². The van der Waals surface area contributed by atoms with Crippen molar-refractivity contribution in [2.75, 3.05) is 26.9 Å². The number of methoxy groups -OCH3 is 1. The third kappa shape index (κ3) is 6.52. The molecule has 1 saturated heterocycles. The van der Waals surface area contributed by atoms with E-state index in [4.69, 9.17) is 14.2 Å². The van der Waals surface area contributed by atoms with Gasteiger partial charge in [0.25, 0.3) is 11.8 Å². The Balaban J connectivity index is 0.859. The van der Waals surface area contributed by atoms with Crippen LogP contribution in [0.2, 0.25) is 0 Å². The molecule has 50 heavy (non-hydrogen) atoms. The quantitative estimate of drug-likeness (QED) is 0.116. The van der Waals surface area contributed by atoms with E-state index in [1.54, 1.807) is 37.6 Å². The molecule has 0 saturated carbocycles. The number of ether oxygens (including phenoxy) is 3. The topological polar surface area (TPSA) is 154 Å². The monoisotopic (exact) mass is 678 g/mol. The van der Waals surface area contributed by atoms with Crippen molar-refractivity contribution >= 4 is 29.3 Å². The third-order valence-corrected chi connectivity index (χ3v) is 8.53. The number of benzene rings is 1. The molecule has 1 atom stereocenters. The van der Waals surface area contributed by atoms with Gasteiger partial charge in [-0.15, -0.1) is 0 Å². The summed E-state index contributed by atoms with van der Waals surface area (Å²) in [6.45, 7) is 0.848. The maximum Gasteiger partial charge on any atom is 0.262 e. The number of nitrogens with one attached hydrogen (secondary N) is 1. The van der Waals surface area contributed by atoms with Gasteiger partial charge in [0.2, 0.25) is 17.8 Å². The summed E-state index contributed by atoms with van der Waals surface area (Å²) in [5, 5.41) is 2.18. The summed E-state index contributed by atoms with van der Waals surface area (Å²) in [7, 11) is 1.61. The van der Waals surface area contributed by atoms with Crippen molar-refractivity contribution in [1.29, 1.82) is 0 Å². The highest BCUT2D eigenvalue weighted by Gasteiger charge is 2.44. The van der Waals surface area contributed by atoms with Crippen molar-refractivity contribution in [2.24, 2.45) is 0 Å². The van der Waals surface area contributed by atoms with E-state index in [2.05, 4.69) is 20.3 Å². The van der Waals surface area contributed by atoms with E-state index in [0.29, 0.717) is 42.1 Å². The Morgan fingerprint density at radius 2 is 1.68 bits per heavy atom. The number of fused-ring (bicyclic) bond motifs is 2. The summed E-state index contributed by atoms with van der Waals surface area (Å²) in [5.74, 6) is -1.78. The van der Waals surface area contributed by atoms with Crippen LogP contribution >= 0.6 is 0 Å². The average molecular weight is 679 g/mol. The Morgan fingerprint density at radius 3 is 2.46 bits per heavy atom. The van der Waals surface area contributed by atoms with E-state index < -0.39 is 35.6 Å². The molecule has 2 aliphatic heterocycles. The number of halogens is 1. The molecule has 254 valence electrons. The second-order valence-electron chi connectivity index (χ2n) is 11.8. The highest BCUT2D eigenvalue weighted by atomic mass is 19.1. The zero-order valence-corrected chi connectivity index (χ0v) is 26.9. The number of hydrogen-bond acceptors (Lipinski definition) is 10. The van der Waals surface area contributed by atoms with Gasteiger partial charge in [-0.2, -0.15) is 4.39 Å². The van der Waals surface area contributed by atoms with E-state index >= 15 is 0 Å². The van der Waals surface area contributed by atoms with Gasteiger partial charge in [0.15, 0.2) is 0 Å². The minimum atomic E-state index is -1.03. The van der Waals surface area contributed by atoms with Crippen molar-refractivity contribution < 1.29 is 37.8 Å². The summed E-state index contributed by atoms with van der Waals surface area (Å²) >= 11 is 0. The van der Waals surface area contributed by atoms with Gasteiger partial charge < -0.3 is 18.6 Å². The Labute approximate surface area is 285 Å². The van der Waals surface area contributed by atoms with Gasteiger partial charge in [-0.05, 0) is 73.9 Å². The van der Waals surface area contributed by atoms with E-state index in [1.165, 1.54) is 12.1 Å². The molecule has 7 rings (SSSR count). The number of piperidine rings is 1. The largest absolute Gasteiger partial charge is 0.495 e. The highest BCUT2D eigenvalue weighted by Crippen LogP contribution is 2.30. The lowest BCUT2D eigenvalue weighted by molar-refractivity contribution is -0.136. The van der Waals surface area contributed by atoms with Crippen LogP contribution in [0.5, 0.6) is 11.5 Å². The van der Waals surface area contributed by atoms with Gasteiger partial charge in [-0.1, -0.05) is 0 Å². The number of aromatic nitrogens is 4. The molecule has 0 spiro atoms. The first-order valence-corrected chi connectivity index (χ1v) is 16.0. The van der Waals surface area contributed by atoms with Gasteiger partial charge in [-0.3, -0.25) is 34.4 Å². The summed E-state index contributed by atoms with van der Waals surface area (Å²) in [5.41, 5.74) is 3.97. The fourth-order valence-corrected chi connectivity index (χ4v) is 5.95. The van der Waals surface area contributed by atoms with Crippen LogP contribution in [0.1, 0.15) is 45.7 Å². The van der Waals surface area contributed by atoms with Crippen LogP contribution < -0.4 is 14.8 Å². The third-order valence-electron chi connectivity index (χ3n) is 8.53.